The van der Waals surface area contributed by atoms with Crippen molar-refractivity contribution in [1.29, 1.82) is 0 Å². The minimum Gasteiger partial charge on any atom is -0.460 e. The first kappa shape index (κ1) is 12.1. The maximum Gasteiger partial charge on any atom is 0.339 e. The van der Waals surface area contributed by atoms with E-state index in [2.05, 4.69) is 0 Å². The summed E-state index contributed by atoms with van der Waals surface area (Å²) in [6, 6.07) is 8.90. The average Bonchev–Trinajstić information content (AvgIpc) is 2.40. The first-order valence-electron chi connectivity index (χ1n) is 6.21. The topological polar surface area (TPSA) is 46.5 Å². The van der Waals surface area contributed by atoms with Crippen molar-refractivity contribution in [2.45, 2.75) is 44.3 Å². The minimum atomic E-state index is -1.15. The second-order valence-electron chi connectivity index (χ2n) is 4.51. The number of carbonyl (C=O) groups excluding carboxylic acids is 1. The van der Waals surface area contributed by atoms with E-state index in [4.69, 9.17) is 4.74 Å². The fourth-order valence-corrected chi connectivity index (χ4v) is 2.18. The Bertz CT molecular complexity index is 355. The van der Waals surface area contributed by atoms with E-state index >= 15 is 0 Å². The first-order valence-corrected chi connectivity index (χ1v) is 6.21. The van der Waals surface area contributed by atoms with Gasteiger partial charge in [0, 0.05) is 0 Å². The highest BCUT2D eigenvalue weighted by Crippen LogP contribution is 2.23. The zero-order valence-electron chi connectivity index (χ0n) is 9.84. The standard InChI is InChI=1S/C14H18O3/c15-13(11-7-3-1-4-8-11)14(16)17-12-9-5-2-6-10-12/h1,3-4,7-8,12-13,15H,2,5-6,9-10H2. The van der Waals surface area contributed by atoms with Crippen molar-refractivity contribution < 1.29 is 14.6 Å². The molecule has 0 aliphatic heterocycles. The molecule has 0 spiro atoms. The van der Waals surface area contributed by atoms with Crippen LogP contribution in [-0.4, -0.2) is 17.2 Å². The molecule has 0 bridgehead atoms. The molecule has 2 rings (SSSR count). The zero-order valence-corrected chi connectivity index (χ0v) is 9.84. The van der Waals surface area contributed by atoms with Crippen LogP contribution >= 0.6 is 0 Å². The van der Waals surface area contributed by atoms with Gasteiger partial charge in [0.15, 0.2) is 6.10 Å². The number of carbonyl (C=O) groups is 1. The van der Waals surface area contributed by atoms with Gasteiger partial charge in [-0.3, -0.25) is 0 Å². The normalized spacial score (nSPS) is 18.6. The van der Waals surface area contributed by atoms with Crippen molar-refractivity contribution in [1.82, 2.24) is 0 Å². The first-order chi connectivity index (χ1) is 8.27. The van der Waals surface area contributed by atoms with Crippen LogP contribution < -0.4 is 0 Å². The Morgan fingerprint density at radius 1 is 1.18 bits per heavy atom. The number of benzene rings is 1. The van der Waals surface area contributed by atoms with Crippen molar-refractivity contribution in [2.24, 2.45) is 0 Å². The van der Waals surface area contributed by atoms with Gasteiger partial charge < -0.3 is 9.84 Å². The summed E-state index contributed by atoms with van der Waals surface area (Å²) < 4.78 is 5.32. The van der Waals surface area contributed by atoms with Gasteiger partial charge in [0.1, 0.15) is 6.10 Å². The van der Waals surface area contributed by atoms with Gasteiger partial charge in [0.2, 0.25) is 0 Å². The van der Waals surface area contributed by atoms with Crippen LogP contribution in [-0.2, 0) is 9.53 Å². The predicted octanol–water partition coefficient (Wildman–Crippen LogP) is 2.60. The molecule has 1 atom stereocenters. The molecule has 0 saturated heterocycles. The Morgan fingerprint density at radius 2 is 1.82 bits per heavy atom. The van der Waals surface area contributed by atoms with Crippen LogP contribution in [0.25, 0.3) is 0 Å². The molecule has 1 aromatic carbocycles. The van der Waals surface area contributed by atoms with Gasteiger partial charge >= 0.3 is 5.97 Å². The van der Waals surface area contributed by atoms with Crippen molar-refractivity contribution in [3.8, 4) is 0 Å². The van der Waals surface area contributed by atoms with E-state index < -0.39 is 12.1 Å². The Labute approximate surface area is 101 Å². The second-order valence-corrected chi connectivity index (χ2v) is 4.51. The van der Waals surface area contributed by atoms with Crippen LogP contribution in [0.5, 0.6) is 0 Å². The van der Waals surface area contributed by atoms with E-state index in [9.17, 15) is 9.90 Å². The number of hydrogen-bond donors (Lipinski definition) is 1. The number of aliphatic hydroxyl groups excluding tert-OH is 1. The average molecular weight is 234 g/mol. The molecule has 1 aliphatic carbocycles. The highest BCUT2D eigenvalue weighted by Gasteiger charge is 2.23. The van der Waals surface area contributed by atoms with Gasteiger partial charge in [-0.15, -0.1) is 0 Å². The number of rotatable bonds is 3. The van der Waals surface area contributed by atoms with E-state index in [1.54, 1.807) is 24.3 Å². The molecule has 0 heterocycles. The van der Waals surface area contributed by atoms with E-state index in [1.165, 1.54) is 6.42 Å². The molecule has 3 heteroatoms. The summed E-state index contributed by atoms with van der Waals surface area (Å²) in [7, 11) is 0. The molecule has 3 nitrogen and oxygen atoms in total. The highest BCUT2D eigenvalue weighted by atomic mass is 16.6. The largest absolute Gasteiger partial charge is 0.460 e. The molecular weight excluding hydrogens is 216 g/mol. The van der Waals surface area contributed by atoms with Crippen molar-refractivity contribution >= 4 is 5.97 Å². The van der Waals surface area contributed by atoms with Crippen molar-refractivity contribution in [3.05, 3.63) is 35.9 Å². The molecule has 1 aromatic rings. The Balaban J connectivity index is 1.91. The van der Waals surface area contributed by atoms with E-state index in [-0.39, 0.29) is 6.10 Å². The summed E-state index contributed by atoms with van der Waals surface area (Å²) in [5.74, 6) is -0.525. The summed E-state index contributed by atoms with van der Waals surface area (Å²) in [5, 5.41) is 9.85. The second kappa shape index (κ2) is 5.82. The molecule has 0 radical (unpaired) electrons. The third-order valence-corrected chi connectivity index (χ3v) is 3.17. The van der Waals surface area contributed by atoms with Crippen LogP contribution in [0.1, 0.15) is 43.8 Å². The third kappa shape index (κ3) is 3.30. The fourth-order valence-electron chi connectivity index (χ4n) is 2.18. The number of ether oxygens (including phenoxy) is 1. The maximum absolute atomic E-state index is 11.7. The van der Waals surface area contributed by atoms with Gasteiger partial charge in [-0.25, -0.2) is 4.79 Å². The van der Waals surface area contributed by atoms with E-state index in [1.807, 2.05) is 6.07 Å². The number of aliphatic hydroxyl groups is 1. The molecule has 1 saturated carbocycles. The molecule has 1 aliphatic rings. The molecule has 0 amide bonds. The Morgan fingerprint density at radius 3 is 2.47 bits per heavy atom. The summed E-state index contributed by atoms with van der Waals surface area (Å²) in [6.45, 7) is 0. The minimum absolute atomic E-state index is 0.00499. The molecule has 1 unspecified atom stereocenters. The molecule has 17 heavy (non-hydrogen) atoms. The lowest BCUT2D eigenvalue weighted by atomic mass is 9.98. The van der Waals surface area contributed by atoms with Gasteiger partial charge in [-0.05, 0) is 31.2 Å². The lowest BCUT2D eigenvalue weighted by Crippen LogP contribution is -2.24. The smallest absolute Gasteiger partial charge is 0.339 e. The fraction of sp³-hybridized carbons (Fsp3) is 0.500. The van der Waals surface area contributed by atoms with Crippen LogP contribution in [0, 0.1) is 0 Å². The SMILES string of the molecule is O=C(OC1CCCCC1)C(O)c1ccccc1. The molecule has 92 valence electrons. The van der Waals surface area contributed by atoms with Crippen LogP contribution in [0.2, 0.25) is 0 Å². The number of esters is 1. The van der Waals surface area contributed by atoms with Gasteiger partial charge in [0.25, 0.3) is 0 Å². The lowest BCUT2D eigenvalue weighted by molar-refractivity contribution is -0.161. The summed E-state index contributed by atoms with van der Waals surface area (Å²) in [5.41, 5.74) is 0.591. The summed E-state index contributed by atoms with van der Waals surface area (Å²) in [6.07, 6.45) is 4.13. The van der Waals surface area contributed by atoms with Crippen LogP contribution in [0.15, 0.2) is 30.3 Å². The van der Waals surface area contributed by atoms with Gasteiger partial charge in [-0.2, -0.15) is 0 Å². The summed E-state index contributed by atoms with van der Waals surface area (Å²) in [4.78, 5) is 11.7. The Kier molecular flexibility index (Phi) is 4.15. The highest BCUT2D eigenvalue weighted by molar-refractivity contribution is 5.76. The molecule has 0 aromatic heterocycles. The van der Waals surface area contributed by atoms with Crippen molar-refractivity contribution in [2.75, 3.05) is 0 Å². The molecule has 1 N–H and O–H groups in total. The maximum atomic E-state index is 11.7. The quantitative estimate of drug-likeness (QED) is 0.818. The Hall–Kier alpha value is -1.35. The predicted molar refractivity (Wildman–Crippen MR) is 64.4 cm³/mol. The van der Waals surface area contributed by atoms with Gasteiger partial charge in [0.05, 0.1) is 0 Å². The third-order valence-electron chi connectivity index (χ3n) is 3.17. The van der Waals surface area contributed by atoms with Crippen LogP contribution in [0.4, 0.5) is 0 Å². The number of hydrogen-bond acceptors (Lipinski definition) is 3. The molecular formula is C14H18O3. The lowest BCUT2D eigenvalue weighted by Gasteiger charge is -2.23. The summed E-state index contributed by atoms with van der Waals surface area (Å²) >= 11 is 0. The monoisotopic (exact) mass is 234 g/mol. The van der Waals surface area contributed by atoms with Gasteiger partial charge in [-0.1, -0.05) is 36.8 Å². The molecule has 1 fully saturated rings. The van der Waals surface area contributed by atoms with Crippen LogP contribution in [0.3, 0.4) is 0 Å². The van der Waals surface area contributed by atoms with E-state index in [0.29, 0.717) is 5.56 Å². The zero-order chi connectivity index (χ0) is 12.1. The van der Waals surface area contributed by atoms with E-state index in [0.717, 1.165) is 25.7 Å². The van der Waals surface area contributed by atoms with Crippen molar-refractivity contribution in [3.63, 3.8) is 0 Å².